The summed E-state index contributed by atoms with van der Waals surface area (Å²) in [6.07, 6.45) is 11.9. The van der Waals surface area contributed by atoms with Gasteiger partial charge in [0.05, 0.1) is 5.56 Å². The maximum atomic E-state index is 12.8. The first kappa shape index (κ1) is 20.6. The summed E-state index contributed by atoms with van der Waals surface area (Å²) in [7, 11) is 0. The highest BCUT2D eigenvalue weighted by Crippen LogP contribution is 2.25. The number of aldehydes is 1. The van der Waals surface area contributed by atoms with E-state index in [1.807, 2.05) is 12.1 Å². The Balaban J connectivity index is 1.54. The number of fused-ring (bicyclic) bond motifs is 1. The van der Waals surface area contributed by atoms with Crippen molar-refractivity contribution in [2.45, 2.75) is 76.3 Å². The molecular weight excluding hydrogens is 376 g/mol. The average Bonchev–Trinajstić information content (AvgIpc) is 2.79. The van der Waals surface area contributed by atoms with Crippen molar-refractivity contribution in [3.63, 3.8) is 0 Å². The second-order valence-corrected chi connectivity index (χ2v) is 8.70. The van der Waals surface area contributed by atoms with Crippen LogP contribution in [0.25, 0.3) is 10.8 Å². The lowest BCUT2D eigenvalue weighted by molar-refractivity contribution is 0.0917. The molecule has 5 nitrogen and oxygen atoms in total. The Morgan fingerprint density at radius 3 is 1.97 bits per heavy atom. The van der Waals surface area contributed by atoms with Crippen molar-refractivity contribution < 1.29 is 14.4 Å². The van der Waals surface area contributed by atoms with Crippen molar-refractivity contribution in [1.82, 2.24) is 10.6 Å². The molecule has 0 bridgehead atoms. The van der Waals surface area contributed by atoms with Gasteiger partial charge in [-0.2, -0.15) is 0 Å². The fourth-order valence-corrected chi connectivity index (χ4v) is 4.85. The Bertz CT molecular complexity index is 941. The van der Waals surface area contributed by atoms with E-state index in [1.54, 1.807) is 18.2 Å². The molecule has 0 atom stereocenters. The third kappa shape index (κ3) is 4.55. The predicted molar refractivity (Wildman–Crippen MR) is 118 cm³/mol. The van der Waals surface area contributed by atoms with Crippen molar-refractivity contribution in [2.75, 3.05) is 0 Å². The molecule has 4 rings (SSSR count). The van der Waals surface area contributed by atoms with Crippen molar-refractivity contribution in [3.8, 4) is 0 Å². The van der Waals surface area contributed by atoms with Gasteiger partial charge in [-0.25, -0.2) is 0 Å². The predicted octanol–water partition coefficient (Wildman–Crippen LogP) is 4.78. The maximum Gasteiger partial charge on any atom is 0.252 e. The van der Waals surface area contributed by atoms with E-state index < -0.39 is 0 Å². The first-order chi connectivity index (χ1) is 14.7. The van der Waals surface area contributed by atoms with Crippen LogP contribution in [-0.4, -0.2) is 30.2 Å². The van der Waals surface area contributed by atoms with Crippen LogP contribution < -0.4 is 10.6 Å². The fraction of sp³-hybridized carbons (Fsp3) is 0.480. The Hall–Kier alpha value is -2.69. The molecule has 2 aromatic carbocycles. The largest absolute Gasteiger partial charge is 0.349 e. The first-order valence-corrected chi connectivity index (χ1v) is 11.3. The normalized spacial score (nSPS) is 18.1. The van der Waals surface area contributed by atoms with Gasteiger partial charge in [-0.3, -0.25) is 14.4 Å². The molecule has 30 heavy (non-hydrogen) atoms. The molecule has 0 saturated heterocycles. The maximum absolute atomic E-state index is 12.8. The molecule has 0 aromatic heterocycles. The second kappa shape index (κ2) is 9.41. The monoisotopic (exact) mass is 406 g/mol. The van der Waals surface area contributed by atoms with Gasteiger partial charge >= 0.3 is 0 Å². The summed E-state index contributed by atoms with van der Waals surface area (Å²) in [5.41, 5.74) is 1.38. The van der Waals surface area contributed by atoms with E-state index in [1.165, 1.54) is 12.8 Å². The molecule has 2 N–H and O–H groups in total. The summed E-state index contributed by atoms with van der Waals surface area (Å²) in [4.78, 5) is 37.3. The molecule has 5 heteroatoms. The molecule has 0 aliphatic heterocycles. The van der Waals surface area contributed by atoms with Crippen LogP contribution >= 0.6 is 0 Å². The van der Waals surface area contributed by atoms with Crippen molar-refractivity contribution in [1.29, 1.82) is 0 Å². The molecule has 0 radical (unpaired) electrons. The summed E-state index contributed by atoms with van der Waals surface area (Å²) in [6.45, 7) is 0. The van der Waals surface area contributed by atoms with E-state index in [9.17, 15) is 14.4 Å². The summed E-state index contributed by atoms with van der Waals surface area (Å²) >= 11 is 0. The van der Waals surface area contributed by atoms with Crippen LogP contribution in [-0.2, 0) is 0 Å². The van der Waals surface area contributed by atoms with Gasteiger partial charge in [0.1, 0.15) is 0 Å². The van der Waals surface area contributed by atoms with Gasteiger partial charge in [0.25, 0.3) is 11.8 Å². The molecule has 0 heterocycles. The molecule has 2 saturated carbocycles. The molecule has 0 unspecified atom stereocenters. The van der Waals surface area contributed by atoms with Crippen molar-refractivity contribution in [2.24, 2.45) is 0 Å². The van der Waals surface area contributed by atoms with Crippen LogP contribution in [0.4, 0.5) is 0 Å². The molecule has 2 amide bonds. The topological polar surface area (TPSA) is 75.3 Å². The highest BCUT2D eigenvalue weighted by Gasteiger charge is 2.21. The van der Waals surface area contributed by atoms with Crippen LogP contribution in [0.15, 0.2) is 30.3 Å². The summed E-state index contributed by atoms with van der Waals surface area (Å²) in [5.74, 6) is -0.263. The molecule has 2 aliphatic rings. The minimum Gasteiger partial charge on any atom is -0.349 e. The highest BCUT2D eigenvalue weighted by molar-refractivity contribution is 6.11. The number of benzene rings is 2. The van der Waals surface area contributed by atoms with Gasteiger partial charge in [-0.1, -0.05) is 50.7 Å². The van der Waals surface area contributed by atoms with Crippen LogP contribution in [0.3, 0.4) is 0 Å². The second-order valence-electron chi connectivity index (χ2n) is 8.70. The number of hydrogen-bond donors (Lipinski definition) is 2. The zero-order chi connectivity index (χ0) is 20.9. The lowest BCUT2D eigenvalue weighted by atomic mass is 9.93. The third-order valence-corrected chi connectivity index (χ3v) is 6.57. The number of nitrogens with one attached hydrogen (secondary N) is 2. The van der Waals surface area contributed by atoms with E-state index in [-0.39, 0.29) is 23.9 Å². The Labute approximate surface area is 177 Å². The van der Waals surface area contributed by atoms with E-state index in [0.717, 1.165) is 63.0 Å². The first-order valence-electron chi connectivity index (χ1n) is 11.3. The highest BCUT2D eigenvalue weighted by atomic mass is 16.2. The van der Waals surface area contributed by atoms with Gasteiger partial charge < -0.3 is 10.6 Å². The van der Waals surface area contributed by atoms with Crippen LogP contribution in [0.5, 0.6) is 0 Å². The zero-order valence-corrected chi connectivity index (χ0v) is 17.4. The lowest BCUT2D eigenvalue weighted by Crippen LogP contribution is -2.36. The van der Waals surface area contributed by atoms with E-state index in [4.69, 9.17) is 0 Å². The minimum absolute atomic E-state index is 0.0735. The Kier molecular flexibility index (Phi) is 6.46. The number of amides is 2. The number of carbonyl (C=O) groups excluding carboxylic acids is 3. The SMILES string of the molecule is O=Cc1c(C(=O)NC2CCCCC2)ccc2cc(C(=O)NC3CCCCC3)ccc12. The molecule has 0 spiro atoms. The summed E-state index contributed by atoms with van der Waals surface area (Å²) in [5, 5.41) is 7.72. The van der Waals surface area contributed by atoms with E-state index >= 15 is 0 Å². The lowest BCUT2D eigenvalue weighted by Gasteiger charge is -2.23. The van der Waals surface area contributed by atoms with E-state index in [0.29, 0.717) is 22.1 Å². The average molecular weight is 407 g/mol. The summed E-state index contributed by atoms with van der Waals surface area (Å²) in [6, 6.07) is 9.31. The molecule has 158 valence electrons. The van der Waals surface area contributed by atoms with Gasteiger partial charge in [0, 0.05) is 23.2 Å². The Morgan fingerprint density at radius 2 is 1.37 bits per heavy atom. The fourth-order valence-electron chi connectivity index (χ4n) is 4.85. The van der Waals surface area contributed by atoms with Crippen LogP contribution in [0, 0.1) is 0 Å². The van der Waals surface area contributed by atoms with Crippen LogP contribution in [0.1, 0.15) is 95.3 Å². The van der Waals surface area contributed by atoms with E-state index in [2.05, 4.69) is 10.6 Å². The summed E-state index contributed by atoms with van der Waals surface area (Å²) < 4.78 is 0. The smallest absolute Gasteiger partial charge is 0.252 e. The van der Waals surface area contributed by atoms with Crippen molar-refractivity contribution in [3.05, 3.63) is 47.0 Å². The Morgan fingerprint density at radius 1 is 0.767 bits per heavy atom. The minimum atomic E-state index is -0.190. The zero-order valence-electron chi connectivity index (χ0n) is 17.4. The van der Waals surface area contributed by atoms with Gasteiger partial charge in [-0.05, 0) is 54.7 Å². The standard InChI is InChI=1S/C25H30N2O3/c28-16-23-21-13-12-18(24(29)26-19-7-3-1-4-8-19)15-17(21)11-14-22(23)25(30)27-20-9-5-2-6-10-20/h11-16,19-20H,1-10H2,(H,26,29)(H,27,30). The number of carbonyl (C=O) groups is 3. The van der Waals surface area contributed by atoms with Crippen molar-refractivity contribution >= 4 is 28.9 Å². The van der Waals surface area contributed by atoms with Gasteiger partial charge in [0.15, 0.2) is 6.29 Å². The molecular formula is C25H30N2O3. The molecule has 2 aromatic rings. The van der Waals surface area contributed by atoms with Gasteiger partial charge in [-0.15, -0.1) is 0 Å². The van der Waals surface area contributed by atoms with Gasteiger partial charge in [0.2, 0.25) is 0 Å². The van der Waals surface area contributed by atoms with Crippen LogP contribution in [0.2, 0.25) is 0 Å². The quantitative estimate of drug-likeness (QED) is 0.702. The third-order valence-electron chi connectivity index (χ3n) is 6.57. The molecule has 2 aliphatic carbocycles. The number of hydrogen-bond acceptors (Lipinski definition) is 3. The molecule has 2 fully saturated rings. The number of rotatable bonds is 5.